The van der Waals surface area contributed by atoms with E-state index in [4.69, 9.17) is 21.0 Å². The Hall–Kier alpha value is -4.79. The fourth-order valence-electron chi connectivity index (χ4n) is 6.18. The first-order valence-corrected chi connectivity index (χ1v) is 14.5. The molecule has 0 saturated heterocycles. The standard InChI is InChI=1S/C33H20ClN3O4S/c1-18-14-15-23-26(16-18)42-32(35-23)37-30(39)29-27(28(38)20-9-3-7-13-25(20)41-29)33(37)21-10-4-6-12-24(21)36(31(33)40)17-19-8-2-5-11-22(19)34/h2-16H,17H2,1H3. The second-order valence-corrected chi connectivity index (χ2v) is 11.9. The Bertz CT molecular complexity index is 2210. The summed E-state index contributed by atoms with van der Waals surface area (Å²) in [6.45, 7) is 2.13. The van der Waals surface area contributed by atoms with Crippen molar-refractivity contribution in [3.63, 3.8) is 0 Å². The summed E-state index contributed by atoms with van der Waals surface area (Å²) >= 11 is 7.83. The van der Waals surface area contributed by atoms with Crippen LogP contribution in [0.25, 0.3) is 21.2 Å². The number of hydrogen-bond acceptors (Lipinski definition) is 6. The van der Waals surface area contributed by atoms with Gasteiger partial charge in [-0.2, -0.15) is 0 Å². The van der Waals surface area contributed by atoms with Gasteiger partial charge in [0.05, 0.1) is 33.4 Å². The maximum atomic E-state index is 15.0. The van der Waals surface area contributed by atoms with Gasteiger partial charge in [0.2, 0.25) is 5.76 Å². The van der Waals surface area contributed by atoms with Crippen molar-refractivity contribution in [2.45, 2.75) is 19.0 Å². The van der Waals surface area contributed by atoms with Gasteiger partial charge in [0.15, 0.2) is 16.1 Å². The van der Waals surface area contributed by atoms with E-state index in [1.807, 2.05) is 55.5 Å². The lowest BCUT2D eigenvalue weighted by atomic mass is 9.84. The minimum atomic E-state index is -1.82. The lowest BCUT2D eigenvalue weighted by Crippen LogP contribution is -2.53. The Labute approximate surface area is 248 Å². The van der Waals surface area contributed by atoms with Crippen molar-refractivity contribution in [1.82, 2.24) is 4.98 Å². The van der Waals surface area contributed by atoms with E-state index < -0.39 is 22.8 Å². The number of carbonyl (C=O) groups is 2. The fourth-order valence-corrected chi connectivity index (χ4v) is 7.49. The average Bonchev–Trinajstić information content (AvgIpc) is 3.60. The number of aryl methyl sites for hydroxylation is 1. The molecule has 2 amide bonds. The van der Waals surface area contributed by atoms with E-state index in [1.54, 1.807) is 47.4 Å². The SMILES string of the molecule is Cc1ccc2nc(N3C(=O)c4oc5ccccc5c(=O)c4C34C(=O)N(Cc3ccccc3Cl)c3ccccc34)sc2c1. The number of para-hydroxylation sites is 2. The number of amides is 2. The summed E-state index contributed by atoms with van der Waals surface area (Å²) in [4.78, 5) is 51.6. The molecule has 1 atom stereocenters. The van der Waals surface area contributed by atoms with Crippen LogP contribution in [0, 0.1) is 6.92 Å². The maximum Gasteiger partial charge on any atom is 0.297 e. The minimum Gasteiger partial charge on any atom is -0.450 e. The summed E-state index contributed by atoms with van der Waals surface area (Å²) in [6, 6.07) is 27.1. The second-order valence-electron chi connectivity index (χ2n) is 10.4. The number of anilines is 2. The van der Waals surface area contributed by atoms with E-state index in [0.717, 1.165) is 15.8 Å². The number of aromatic nitrogens is 1. The van der Waals surface area contributed by atoms with Gasteiger partial charge in [-0.15, -0.1) is 0 Å². The largest absolute Gasteiger partial charge is 0.450 e. The van der Waals surface area contributed by atoms with E-state index in [2.05, 4.69) is 0 Å². The van der Waals surface area contributed by atoms with Gasteiger partial charge in [0.1, 0.15) is 5.58 Å². The third kappa shape index (κ3) is 3.22. The topological polar surface area (TPSA) is 83.7 Å². The van der Waals surface area contributed by atoms with Crippen LogP contribution in [-0.2, 0) is 16.9 Å². The van der Waals surface area contributed by atoms with Crippen LogP contribution < -0.4 is 15.2 Å². The van der Waals surface area contributed by atoms with Gasteiger partial charge < -0.3 is 9.32 Å². The van der Waals surface area contributed by atoms with Crippen LogP contribution in [0.4, 0.5) is 10.8 Å². The molecule has 1 spiro atoms. The number of hydrogen-bond donors (Lipinski definition) is 0. The fraction of sp³-hybridized carbons (Fsp3) is 0.0909. The number of carbonyl (C=O) groups excluding carboxylic acids is 2. The smallest absolute Gasteiger partial charge is 0.297 e. The van der Waals surface area contributed by atoms with Gasteiger partial charge in [-0.05, 0) is 54.4 Å². The molecule has 7 nitrogen and oxygen atoms in total. The normalized spacial score (nSPS) is 17.6. The number of thiazole rings is 1. The molecule has 0 radical (unpaired) electrons. The summed E-state index contributed by atoms with van der Waals surface area (Å²) < 4.78 is 7.02. The molecule has 0 aliphatic carbocycles. The zero-order chi connectivity index (χ0) is 28.7. The molecule has 4 aromatic carbocycles. The Morgan fingerprint density at radius 3 is 2.55 bits per heavy atom. The molecule has 0 saturated carbocycles. The highest BCUT2D eigenvalue weighted by Crippen LogP contribution is 2.55. The van der Waals surface area contributed by atoms with Crippen molar-refractivity contribution in [2.24, 2.45) is 0 Å². The van der Waals surface area contributed by atoms with Gasteiger partial charge in [-0.1, -0.05) is 77.5 Å². The molecular formula is C33H20ClN3O4S. The highest BCUT2D eigenvalue weighted by atomic mass is 35.5. The summed E-state index contributed by atoms with van der Waals surface area (Å²) in [5.41, 5.74) is 1.58. The quantitative estimate of drug-likeness (QED) is 0.226. The van der Waals surface area contributed by atoms with Crippen molar-refractivity contribution in [1.29, 1.82) is 0 Å². The molecule has 8 rings (SSSR count). The Kier molecular flexibility index (Phi) is 5.26. The van der Waals surface area contributed by atoms with Gasteiger partial charge in [0.25, 0.3) is 11.8 Å². The molecule has 4 heterocycles. The number of rotatable bonds is 3. The van der Waals surface area contributed by atoms with E-state index in [9.17, 15) is 9.59 Å². The van der Waals surface area contributed by atoms with Gasteiger partial charge in [-0.3, -0.25) is 19.3 Å². The van der Waals surface area contributed by atoms with Crippen LogP contribution in [0.1, 0.15) is 32.8 Å². The Balaban J connectivity index is 1.46. The molecule has 0 N–H and O–H groups in total. The van der Waals surface area contributed by atoms with Crippen LogP contribution in [-0.4, -0.2) is 16.8 Å². The molecule has 42 heavy (non-hydrogen) atoms. The zero-order valence-electron chi connectivity index (χ0n) is 22.1. The third-order valence-electron chi connectivity index (χ3n) is 8.04. The number of halogens is 1. The van der Waals surface area contributed by atoms with Crippen LogP contribution in [0.2, 0.25) is 5.02 Å². The van der Waals surface area contributed by atoms with Crippen LogP contribution in [0.5, 0.6) is 0 Å². The van der Waals surface area contributed by atoms with Crippen LogP contribution in [0.15, 0.2) is 100 Å². The molecule has 204 valence electrons. The summed E-state index contributed by atoms with van der Waals surface area (Å²) in [5.74, 6) is -1.20. The first kappa shape index (κ1) is 25.0. The molecular weight excluding hydrogens is 570 g/mol. The number of nitrogens with zero attached hydrogens (tertiary/aromatic N) is 3. The monoisotopic (exact) mass is 589 g/mol. The molecule has 2 aliphatic rings. The molecule has 6 aromatic rings. The summed E-state index contributed by atoms with van der Waals surface area (Å²) in [5, 5.41) is 1.11. The van der Waals surface area contributed by atoms with Crippen molar-refractivity contribution >= 4 is 66.8 Å². The Morgan fingerprint density at radius 2 is 1.69 bits per heavy atom. The Morgan fingerprint density at radius 1 is 0.929 bits per heavy atom. The maximum absolute atomic E-state index is 15.0. The second kappa shape index (κ2) is 8.85. The average molecular weight is 590 g/mol. The van der Waals surface area contributed by atoms with Gasteiger partial charge in [0, 0.05) is 10.6 Å². The highest BCUT2D eigenvalue weighted by molar-refractivity contribution is 7.22. The summed E-state index contributed by atoms with van der Waals surface area (Å²) in [6.07, 6.45) is 0. The van der Waals surface area contributed by atoms with Crippen molar-refractivity contribution in [2.75, 3.05) is 9.80 Å². The first-order valence-electron chi connectivity index (χ1n) is 13.3. The van der Waals surface area contributed by atoms with Gasteiger partial charge >= 0.3 is 0 Å². The lowest BCUT2D eigenvalue weighted by Gasteiger charge is -2.32. The van der Waals surface area contributed by atoms with Crippen molar-refractivity contribution < 1.29 is 14.0 Å². The molecule has 2 aliphatic heterocycles. The van der Waals surface area contributed by atoms with Crippen molar-refractivity contribution in [3.05, 3.63) is 134 Å². The van der Waals surface area contributed by atoms with E-state index in [1.165, 1.54) is 16.2 Å². The number of fused-ring (bicyclic) bond motifs is 6. The highest BCUT2D eigenvalue weighted by Gasteiger charge is 2.66. The predicted molar refractivity (Wildman–Crippen MR) is 164 cm³/mol. The number of benzene rings is 4. The van der Waals surface area contributed by atoms with E-state index >= 15 is 4.79 Å². The molecule has 2 aromatic heterocycles. The molecule has 9 heteroatoms. The van der Waals surface area contributed by atoms with Crippen molar-refractivity contribution in [3.8, 4) is 0 Å². The summed E-state index contributed by atoms with van der Waals surface area (Å²) in [7, 11) is 0. The van der Waals surface area contributed by atoms with Crippen LogP contribution in [0.3, 0.4) is 0 Å². The van der Waals surface area contributed by atoms with Crippen LogP contribution >= 0.6 is 22.9 Å². The first-order chi connectivity index (χ1) is 20.4. The van der Waals surface area contributed by atoms with E-state index in [0.29, 0.717) is 32.3 Å². The van der Waals surface area contributed by atoms with E-state index in [-0.39, 0.29) is 23.5 Å². The molecule has 0 fully saturated rings. The predicted octanol–water partition coefficient (Wildman–Crippen LogP) is 6.82. The lowest BCUT2D eigenvalue weighted by molar-refractivity contribution is -0.121. The zero-order valence-corrected chi connectivity index (χ0v) is 23.7. The third-order valence-corrected chi connectivity index (χ3v) is 9.41. The minimum absolute atomic E-state index is 0.000690. The molecule has 0 bridgehead atoms. The molecule has 1 unspecified atom stereocenters. The van der Waals surface area contributed by atoms with Gasteiger partial charge in [-0.25, -0.2) is 4.98 Å².